The lowest BCUT2D eigenvalue weighted by atomic mass is 10.0. The number of methoxy groups -OCH3 is 2. The monoisotopic (exact) mass is 563 g/mol. The fraction of sp³-hybridized carbons (Fsp3) is 0.500. The Hall–Kier alpha value is -2.95. The number of anilines is 3. The zero-order valence-electron chi connectivity index (χ0n) is 22.5. The standard InChI is InChI=1S/C26H35Cl2N7O3/c1-29-26-30-13-17-14-34(24-22(27)19(37-4)12-20(38-5)23(24)28)16-35(25(17)31-26)18-8-6-11-33(15-18)21(36)9-7-10-32(2)3/h7,9,12-13,18H,6,8,10-11,14-16H2,1-5H3,(H,29,30,31)/b9-7+/t18-/m0/s1. The molecule has 1 atom stereocenters. The number of fused-ring (bicyclic) bond motifs is 1. The molecule has 0 saturated carbocycles. The van der Waals surface area contributed by atoms with E-state index < -0.39 is 0 Å². The predicted molar refractivity (Wildman–Crippen MR) is 152 cm³/mol. The number of carbonyl (C=O) groups is 1. The fourth-order valence-corrected chi connectivity index (χ4v) is 5.59. The van der Waals surface area contributed by atoms with Gasteiger partial charge in [0.1, 0.15) is 27.4 Å². The summed E-state index contributed by atoms with van der Waals surface area (Å²) < 4.78 is 11.0. The number of rotatable bonds is 8. The van der Waals surface area contributed by atoms with Crippen molar-refractivity contribution in [3.63, 3.8) is 0 Å². The third-order valence-electron chi connectivity index (χ3n) is 6.77. The van der Waals surface area contributed by atoms with Gasteiger partial charge in [-0.1, -0.05) is 29.3 Å². The first-order chi connectivity index (χ1) is 18.3. The maximum Gasteiger partial charge on any atom is 0.246 e. The molecule has 0 unspecified atom stereocenters. The zero-order chi connectivity index (χ0) is 27.4. The van der Waals surface area contributed by atoms with Crippen LogP contribution in [0.15, 0.2) is 24.4 Å². The van der Waals surface area contributed by atoms with E-state index in [9.17, 15) is 4.79 Å². The molecule has 0 aliphatic carbocycles. The molecule has 1 saturated heterocycles. The maximum absolute atomic E-state index is 13.0. The smallest absolute Gasteiger partial charge is 0.246 e. The van der Waals surface area contributed by atoms with E-state index >= 15 is 0 Å². The molecule has 4 rings (SSSR count). The van der Waals surface area contributed by atoms with E-state index in [1.165, 1.54) is 0 Å². The van der Waals surface area contributed by atoms with Crippen molar-refractivity contribution >= 4 is 46.6 Å². The SMILES string of the molecule is CNc1ncc2c(n1)N([C@H]1CCCN(C(=O)/C=C/CN(C)C)C1)CN(c1c(Cl)c(OC)cc(OC)c1Cl)C2. The molecule has 10 nitrogen and oxygen atoms in total. The average molecular weight is 565 g/mol. The van der Waals surface area contributed by atoms with Gasteiger partial charge in [-0.3, -0.25) is 4.79 Å². The van der Waals surface area contributed by atoms with Crippen molar-refractivity contribution in [2.24, 2.45) is 0 Å². The Morgan fingerprint density at radius 1 is 1.24 bits per heavy atom. The van der Waals surface area contributed by atoms with Gasteiger partial charge in [0, 0.05) is 63.2 Å². The molecule has 2 aromatic rings. The molecule has 3 heterocycles. The minimum absolute atomic E-state index is 0.0212. The van der Waals surface area contributed by atoms with E-state index in [4.69, 9.17) is 37.7 Å². The zero-order valence-corrected chi connectivity index (χ0v) is 24.0. The van der Waals surface area contributed by atoms with Crippen molar-refractivity contribution < 1.29 is 14.3 Å². The number of piperidine rings is 1. The molecule has 206 valence electrons. The molecule has 38 heavy (non-hydrogen) atoms. The van der Waals surface area contributed by atoms with Gasteiger partial charge in [-0.15, -0.1) is 0 Å². The summed E-state index contributed by atoms with van der Waals surface area (Å²) >= 11 is 13.6. The van der Waals surface area contributed by atoms with Gasteiger partial charge in [0.25, 0.3) is 0 Å². The van der Waals surface area contributed by atoms with Crippen LogP contribution in [0.3, 0.4) is 0 Å². The van der Waals surface area contributed by atoms with Gasteiger partial charge in [0.2, 0.25) is 11.9 Å². The minimum atomic E-state index is 0.0212. The van der Waals surface area contributed by atoms with E-state index in [1.54, 1.807) is 33.4 Å². The third kappa shape index (κ3) is 5.87. The molecule has 0 radical (unpaired) electrons. The summed E-state index contributed by atoms with van der Waals surface area (Å²) in [7, 11) is 8.87. The van der Waals surface area contributed by atoms with Crippen molar-refractivity contribution in [2.75, 3.05) is 76.8 Å². The summed E-state index contributed by atoms with van der Waals surface area (Å²) in [5, 5.41) is 3.84. The van der Waals surface area contributed by atoms with Crippen molar-refractivity contribution in [1.82, 2.24) is 19.8 Å². The summed E-state index contributed by atoms with van der Waals surface area (Å²) in [6.07, 6.45) is 7.20. The first-order valence-corrected chi connectivity index (χ1v) is 13.3. The van der Waals surface area contributed by atoms with Crippen molar-refractivity contribution in [3.8, 4) is 11.5 Å². The van der Waals surface area contributed by atoms with Crippen LogP contribution in [0, 0.1) is 0 Å². The number of aromatic nitrogens is 2. The van der Waals surface area contributed by atoms with Crippen LogP contribution in [0.2, 0.25) is 10.0 Å². The topological polar surface area (TPSA) is 86.3 Å². The van der Waals surface area contributed by atoms with Crippen LogP contribution < -0.4 is 24.6 Å². The summed E-state index contributed by atoms with van der Waals surface area (Å²) in [5.41, 5.74) is 1.55. The highest BCUT2D eigenvalue weighted by molar-refractivity contribution is 6.41. The number of nitrogens with one attached hydrogen (secondary N) is 1. The van der Waals surface area contributed by atoms with Crippen LogP contribution in [-0.4, -0.2) is 93.4 Å². The highest BCUT2D eigenvalue weighted by atomic mass is 35.5. The van der Waals surface area contributed by atoms with E-state index in [-0.39, 0.29) is 11.9 Å². The lowest BCUT2D eigenvalue weighted by Crippen LogP contribution is -2.55. The molecule has 2 aliphatic heterocycles. The van der Waals surface area contributed by atoms with E-state index in [2.05, 4.69) is 20.1 Å². The Bertz CT molecular complexity index is 1170. The number of halogens is 2. The Labute approximate surface area is 234 Å². The Kier molecular flexibility index (Phi) is 9.07. The Morgan fingerprint density at radius 2 is 1.95 bits per heavy atom. The first kappa shape index (κ1) is 28.1. The Morgan fingerprint density at radius 3 is 2.58 bits per heavy atom. The van der Waals surface area contributed by atoms with E-state index in [0.29, 0.717) is 59.5 Å². The summed E-state index contributed by atoms with van der Waals surface area (Å²) in [4.78, 5) is 30.5. The number of carbonyl (C=O) groups excluding carboxylic acids is 1. The lowest BCUT2D eigenvalue weighted by Gasteiger charge is -2.46. The van der Waals surface area contributed by atoms with Crippen molar-refractivity contribution in [2.45, 2.75) is 25.4 Å². The van der Waals surface area contributed by atoms with E-state index in [1.807, 2.05) is 36.2 Å². The lowest BCUT2D eigenvalue weighted by molar-refractivity contribution is -0.127. The fourth-order valence-electron chi connectivity index (χ4n) is 4.85. The van der Waals surface area contributed by atoms with Crippen molar-refractivity contribution in [3.05, 3.63) is 40.0 Å². The largest absolute Gasteiger partial charge is 0.495 e. The number of hydrogen-bond donors (Lipinski definition) is 1. The highest BCUT2D eigenvalue weighted by Gasteiger charge is 2.35. The van der Waals surface area contributed by atoms with Gasteiger partial charge in [-0.2, -0.15) is 4.98 Å². The van der Waals surface area contributed by atoms with Gasteiger partial charge >= 0.3 is 0 Å². The third-order valence-corrected chi connectivity index (χ3v) is 7.50. The number of hydrogen-bond acceptors (Lipinski definition) is 9. The maximum atomic E-state index is 13.0. The van der Waals surface area contributed by atoms with Crippen LogP contribution in [0.1, 0.15) is 18.4 Å². The molecule has 12 heteroatoms. The number of benzene rings is 1. The number of amides is 1. The van der Waals surface area contributed by atoms with Crippen LogP contribution in [0.25, 0.3) is 0 Å². The summed E-state index contributed by atoms with van der Waals surface area (Å²) in [6.45, 7) is 2.98. The number of likely N-dealkylation sites (tertiary alicyclic amines) is 1. The van der Waals surface area contributed by atoms with Crippen LogP contribution in [-0.2, 0) is 11.3 Å². The van der Waals surface area contributed by atoms with Gasteiger partial charge in [-0.25, -0.2) is 4.98 Å². The minimum Gasteiger partial charge on any atom is -0.495 e. The predicted octanol–water partition coefficient (Wildman–Crippen LogP) is 3.74. The average Bonchev–Trinajstić information content (AvgIpc) is 2.92. The quantitative estimate of drug-likeness (QED) is 0.482. The van der Waals surface area contributed by atoms with Crippen LogP contribution in [0.5, 0.6) is 11.5 Å². The van der Waals surface area contributed by atoms with Crippen molar-refractivity contribution in [1.29, 1.82) is 0 Å². The van der Waals surface area contributed by atoms with Crippen LogP contribution in [0.4, 0.5) is 17.5 Å². The van der Waals surface area contributed by atoms with Gasteiger partial charge in [0.15, 0.2) is 0 Å². The number of likely N-dealkylation sites (N-methyl/N-ethyl adjacent to an activating group) is 1. The summed E-state index contributed by atoms with van der Waals surface area (Å²) in [5.74, 6) is 2.34. The number of ether oxygens (including phenoxy) is 2. The molecule has 1 N–H and O–H groups in total. The van der Waals surface area contributed by atoms with Gasteiger partial charge in [-0.05, 0) is 26.9 Å². The highest BCUT2D eigenvalue weighted by Crippen LogP contribution is 2.47. The number of nitrogens with zero attached hydrogens (tertiary/aromatic N) is 6. The molecule has 2 aliphatic rings. The molecular formula is C26H35Cl2N7O3. The van der Waals surface area contributed by atoms with Gasteiger partial charge < -0.3 is 34.4 Å². The molecule has 1 aromatic heterocycles. The molecule has 0 spiro atoms. The summed E-state index contributed by atoms with van der Waals surface area (Å²) in [6, 6.07) is 1.72. The first-order valence-electron chi connectivity index (χ1n) is 12.5. The molecule has 1 amide bonds. The second-order valence-corrected chi connectivity index (χ2v) is 10.4. The van der Waals surface area contributed by atoms with Gasteiger partial charge in [0.05, 0.1) is 26.6 Å². The second kappa shape index (κ2) is 12.3. The van der Waals surface area contributed by atoms with E-state index in [0.717, 1.165) is 30.8 Å². The molecule has 1 fully saturated rings. The molecular weight excluding hydrogens is 529 g/mol. The molecule has 0 bridgehead atoms. The Balaban J connectivity index is 1.69. The normalized spacial score (nSPS) is 17.7. The van der Waals surface area contributed by atoms with Crippen LogP contribution >= 0.6 is 23.2 Å². The molecule has 1 aromatic carbocycles. The second-order valence-electron chi connectivity index (χ2n) is 9.60.